The minimum absolute atomic E-state index is 0.282. The lowest BCUT2D eigenvalue weighted by Crippen LogP contribution is -2.16. The topological polar surface area (TPSA) is 38.7 Å². The molecule has 0 amide bonds. The molecule has 21 heavy (non-hydrogen) atoms. The smallest absolute Gasteiger partial charge is 0.175 e. The molecule has 2 aromatic rings. The van der Waals surface area contributed by atoms with E-state index in [0.717, 1.165) is 15.6 Å². The zero-order valence-corrected chi connectivity index (χ0v) is 12.8. The van der Waals surface area contributed by atoms with Gasteiger partial charge < -0.3 is 14.6 Å². The highest BCUT2D eigenvalue weighted by Gasteiger charge is 2.19. The van der Waals surface area contributed by atoms with Crippen LogP contribution >= 0.6 is 15.9 Å². The molecule has 3 rings (SSSR count). The molecule has 110 valence electrons. The van der Waals surface area contributed by atoms with Gasteiger partial charge in [-0.05, 0) is 51.3 Å². The molecule has 0 fully saturated rings. The molecule has 0 bridgehead atoms. The Bertz CT molecular complexity index is 643. The van der Waals surface area contributed by atoms with Crippen LogP contribution in [-0.2, 0) is 6.42 Å². The fraction of sp³-hybridized carbons (Fsp3) is 0.250. The van der Waals surface area contributed by atoms with Crippen molar-refractivity contribution in [2.75, 3.05) is 13.2 Å². The molecule has 0 radical (unpaired) electrons. The van der Waals surface area contributed by atoms with E-state index in [0.29, 0.717) is 31.1 Å². The van der Waals surface area contributed by atoms with Crippen molar-refractivity contribution in [1.29, 1.82) is 0 Å². The summed E-state index contributed by atoms with van der Waals surface area (Å²) in [7, 11) is 0. The van der Waals surface area contributed by atoms with E-state index in [1.807, 2.05) is 6.07 Å². The lowest BCUT2D eigenvalue weighted by Gasteiger charge is -2.21. The summed E-state index contributed by atoms with van der Waals surface area (Å²) in [6, 6.07) is 9.73. The van der Waals surface area contributed by atoms with Crippen LogP contribution in [0, 0.1) is 5.82 Å². The van der Waals surface area contributed by atoms with E-state index in [-0.39, 0.29) is 5.82 Å². The highest BCUT2D eigenvalue weighted by Crippen LogP contribution is 2.40. The standard InChI is InChI=1S/C16H14BrFO3/c17-13-8-11(9-15-16(13)21-6-5-20-15)14(19)7-10-1-3-12(18)4-2-10/h1-4,8-9,14,19H,5-7H2. The highest BCUT2D eigenvalue weighted by atomic mass is 79.9. The second kappa shape index (κ2) is 6.03. The van der Waals surface area contributed by atoms with Crippen LogP contribution in [0.1, 0.15) is 17.2 Å². The summed E-state index contributed by atoms with van der Waals surface area (Å²) in [5, 5.41) is 10.4. The zero-order chi connectivity index (χ0) is 14.8. The van der Waals surface area contributed by atoms with Crippen LogP contribution in [0.5, 0.6) is 11.5 Å². The molecule has 5 heteroatoms. The largest absolute Gasteiger partial charge is 0.486 e. The monoisotopic (exact) mass is 352 g/mol. The molecule has 2 aromatic carbocycles. The summed E-state index contributed by atoms with van der Waals surface area (Å²) in [5.41, 5.74) is 1.60. The maximum absolute atomic E-state index is 12.9. The maximum Gasteiger partial charge on any atom is 0.175 e. The Morgan fingerprint density at radius 3 is 2.62 bits per heavy atom. The van der Waals surface area contributed by atoms with Crippen LogP contribution in [0.2, 0.25) is 0 Å². The Labute approximate surface area is 130 Å². The number of rotatable bonds is 3. The molecular formula is C16H14BrFO3. The Balaban J connectivity index is 1.82. The number of hydrogen-bond acceptors (Lipinski definition) is 3. The molecule has 3 nitrogen and oxygen atoms in total. The van der Waals surface area contributed by atoms with Crippen molar-refractivity contribution in [2.45, 2.75) is 12.5 Å². The van der Waals surface area contributed by atoms with E-state index >= 15 is 0 Å². The lowest BCUT2D eigenvalue weighted by molar-refractivity contribution is 0.163. The van der Waals surface area contributed by atoms with Gasteiger partial charge in [0.2, 0.25) is 0 Å². The molecule has 0 saturated carbocycles. The zero-order valence-electron chi connectivity index (χ0n) is 11.2. The first-order valence-corrected chi connectivity index (χ1v) is 7.44. The first-order chi connectivity index (χ1) is 10.1. The summed E-state index contributed by atoms with van der Waals surface area (Å²) >= 11 is 3.43. The predicted molar refractivity (Wildman–Crippen MR) is 80.2 cm³/mol. The quantitative estimate of drug-likeness (QED) is 0.916. The first kappa shape index (κ1) is 14.4. The van der Waals surface area contributed by atoms with Crippen molar-refractivity contribution in [3.8, 4) is 11.5 Å². The van der Waals surface area contributed by atoms with Crippen molar-refractivity contribution >= 4 is 15.9 Å². The van der Waals surface area contributed by atoms with Crippen LogP contribution in [0.4, 0.5) is 4.39 Å². The van der Waals surface area contributed by atoms with Gasteiger partial charge in [-0.1, -0.05) is 12.1 Å². The number of ether oxygens (including phenoxy) is 2. The SMILES string of the molecule is OC(Cc1ccc(F)cc1)c1cc(Br)c2c(c1)OCCO2. The number of fused-ring (bicyclic) bond motifs is 1. The Kier molecular flexibility index (Phi) is 4.12. The number of aliphatic hydroxyl groups excluding tert-OH is 1. The van der Waals surface area contributed by atoms with E-state index in [9.17, 15) is 9.50 Å². The molecule has 0 saturated heterocycles. The van der Waals surface area contributed by atoms with Crippen LogP contribution in [0.3, 0.4) is 0 Å². The second-order valence-corrected chi connectivity index (χ2v) is 5.73. The van der Waals surface area contributed by atoms with E-state index in [2.05, 4.69) is 15.9 Å². The number of aliphatic hydroxyl groups is 1. The van der Waals surface area contributed by atoms with Crippen LogP contribution in [-0.4, -0.2) is 18.3 Å². The molecular weight excluding hydrogens is 339 g/mol. The molecule has 1 aliphatic rings. The van der Waals surface area contributed by atoms with E-state index < -0.39 is 6.10 Å². The average Bonchev–Trinajstić information content (AvgIpc) is 2.49. The van der Waals surface area contributed by atoms with E-state index in [1.165, 1.54) is 12.1 Å². The van der Waals surface area contributed by atoms with Gasteiger partial charge in [0.1, 0.15) is 19.0 Å². The normalized spacial score (nSPS) is 14.8. The predicted octanol–water partition coefficient (Wildman–Crippen LogP) is 3.64. The third kappa shape index (κ3) is 3.19. The molecule has 0 aromatic heterocycles. The summed E-state index contributed by atoms with van der Waals surface area (Å²) in [6.45, 7) is 1.01. The van der Waals surface area contributed by atoms with Crippen LogP contribution in [0.25, 0.3) is 0 Å². The van der Waals surface area contributed by atoms with Gasteiger partial charge in [0.25, 0.3) is 0 Å². The highest BCUT2D eigenvalue weighted by molar-refractivity contribution is 9.10. The van der Waals surface area contributed by atoms with E-state index in [4.69, 9.17) is 9.47 Å². The molecule has 1 heterocycles. The van der Waals surface area contributed by atoms with Gasteiger partial charge >= 0.3 is 0 Å². The average molecular weight is 353 g/mol. The summed E-state index contributed by atoms with van der Waals surface area (Å²) < 4.78 is 24.7. The van der Waals surface area contributed by atoms with Crippen molar-refractivity contribution in [1.82, 2.24) is 0 Å². The first-order valence-electron chi connectivity index (χ1n) is 6.65. The Morgan fingerprint density at radius 1 is 1.14 bits per heavy atom. The molecule has 1 unspecified atom stereocenters. The second-order valence-electron chi connectivity index (χ2n) is 4.87. The third-order valence-corrected chi connectivity index (χ3v) is 3.94. The van der Waals surface area contributed by atoms with Crippen molar-refractivity contribution in [2.24, 2.45) is 0 Å². The van der Waals surface area contributed by atoms with Crippen molar-refractivity contribution in [3.63, 3.8) is 0 Å². The van der Waals surface area contributed by atoms with Crippen LogP contribution < -0.4 is 9.47 Å². The summed E-state index contributed by atoms with van der Waals surface area (Å²) in [6.07, 6.45) is -0.283. The fourth-order valence-electron chi connectivity index (χ4n) is 2.28. The molecule has 0 spiro atoms. The molecule has 1 aliphatic heterocycles. The molecule has 1 N–H and O–H groups in total. The maximum atomic E-state index is 12.9. The van der Waals surface area contributed by atoms with Gasteiger partial charge in [0.15, 0.2) is 11.5 Å². The Hall–Kier alpha value is -1.59. The fourth-order valence-corrected chi connectivity index (χ4v) is 2.86. The van der Waals surface area contributed by atoms with Crippen LogP contribution in [0.15, 0.2) is 40.9 Å². The summed E-state index contributed by atoms with van der Waals surface area (Å²) in [5.74, 6) is 1.01. The molecule has 0 aliphatic carbocycles. The number of hydrogen-bond donors (Lipinski definition) is 1. The van der Waals surface area contributed by atoms with E-state index in [1.54, 1.807) is 18.2 Å². The summed E-state index contributed by atoms with van der Waals surface area (Å²) in [4.78, 5) is 0. The number of benzene rings is 2. The number of halogens is 2. The van der Waals surface area contributed by atoms with Gasteiger partial charge in [0, 0.05) is 6.42 Å². The Morgan fingerprint density at radius 2 is 1.86 bits per heavy atom. The third-order valence-electron chi connectivity index (χ3n) is 3.35. The van der Waals surface area contributed by atoms with Gasteiger partial charge in [-0.25, -0.2) is 4.39 Å². The van der Waals surface area contributed by atoms with Gasteiger partial charge in [-0.2, -0.15) is 0 Å². The van der Waals surface area contributed by atoms with Gasteiger partial charge in [-0.15, -0.1) is 0 Å². The van der Waals surface area contributed by atoms with Crippen molar-refractivity contribution in [3.05, 3.63) is 57.8 Å². The van der Waals surface area contributed by atoms with Crippen molar-refractivity contribution < 1.29 is 19.0 Å². The minimum atomic E-state index is -0.692. The minimum Gasteiger partial charge on any atom is -0.486 e. The lowest BCUT2D eigenvalue weighted by atomic mass is 10.0. The van der Waals surface area contributed by atoms with Gasteiger partial charge in [-0.3, -0.25) is 0 Å². The molecule has 1 atom stereocenters. The van der Waals surface area contributed by atoms with Gasteiger partial charge in [0.05, 0.1) is 10.6 Å².